The van der Waals surface area contributed by atoms with Crippen molar-refractivity contribution in [1.82, 2.24) is 0 Å². The zero-order chi connectivity index (χ0) is 12.4. The number of aromatic carboxylic acids is 1. The second-order valence-electron chi connectivity index (χ2n) is 4.40. The maximum absolute atomic E-state index is 11.0. The zero-order valence-electron chi connectivity index (χ0n) is 10.1. The van der Waals surface area contributed by atoms with Gasteiger partial charge in [-0.3, -0.25) is 0 Å². The second-order valence-corrected chi connectivity index (χ2v) is 4.40. The van der Waals surface area contributed by atoms with Crippen molar-refractivity contribution in [1.29, 1.82) is 0 Å². The SMILES string of the molecule is COCC(C)N1CCc2ccc(C(=O)O)cc21. The van der Waals surface area contributed by atoms with Gasteiger partial charge in [-0.15, -0.1) is 0 Å². The summed E-state index contributed by atoms with van der Waals surface area (Å²) >= 11 is 0. The van der Waals surface area contributed by atoms with Crippen LogP contribution in [0.25, 0.3) is 0 Å². The number of hydrogen-bond acceptors (Lipinski definition) is 3. The predicted octanol–water partition coefficient (Wildman–Crippen LogP) is 1.78. The molecule has 0 aliphatic carbocycles. The third kappa shape index (κ3) is 2.26. The van der Waals surface area contributed by atoms with Crippen molar-refractivity contribution in [2.75, 3.05) is 25.2 Å². The number of hydrogen-bond donors (Lipinski definition) is 1. The van der Waals surface area contributed by atoms with E-state index in [0.29, 0.717) is 12.2 Å². The van der Waals surface area contributed by atoms with Crippen LogP contribution in [0.5, 0.6) is 0 Å². The Balaban J connectivity index is 2.29. The van der Waals surface area contributed by atoms with Crippen molar-refractivity contribution >= 4 is 11.7 Å². The molecule has 1 unspecified atom stereocenters. The number of fused-ring (bicyclic) bond motifs is 1. The van der Waals surface area contributed by atoms with Crippen LogP contribution in [0.1, 0.15) is 22.8 Å². The molecular weight excluding hydrogens is 218 g/mol. The smallest absolute Gasteiger partial charge is 0.335 e. The minimum absolute atomic E-state index is 0.269. The maximum Gasteiger partial charge on any atom is 0.335 e. The molecule has 1 aromatic carbocycles. The average molecular weight is 235 g/mol. The standard InChI is InChI=1S/C13H17NO3/c1-9(8-17-2)14-6-5-10-3-4-11(13(15)16)7-12(10)14/h3-4,7,9H,5-6,8H2,1-2H3,(H,15,16). The number of nitrogens with zero attached hydrogens (tertiary/aromatic N) is 1. The van der Waals surface area contributed by atoms with E-state index in [-0.39, 0.29) is 6.04 Å². The van der Waals surface area contributed by atoms with Gasteiger partial charge in [-0.25, -0.2) is 4.79 Å². The summed E-state index contributed by atoms with van der Waals surface area (Å²) in [5, 5.41) is 9.00. The van der Waals surface area contributed by atoms with Gasteiger partial charge in [0.2, 0.25) is 0 Å². The monoisotopic (exact) mass is 235 g/mol. The lowest BCUT2D eigenvalue weighted by atomic mass is 10.1. The fourth-order valence-corrected chi connectivity index (χ4v) is 2.33. The lowest BCUT2D eigenvalue weighted by Gasteiger charge is -2.26. The highest BCUT2D eigenvalue weighted by molar-refractivity contribution is 5.89. The number of rotatable bonds is 4. The van der Waals surface area contributed by atoms with E-state index in [0.717, 1.165) is 18.7 Å². The van der Waals surface area contributed by atoms with Crippen molar-refractivity contribution in [3.63, 3.8) is 0 Å². The van der Waals surface area contributed by atoms with Crippen molar-refractivity contribution in [3.8, 4) is 0 Å². The summed E-state index contributed by atoms with van der Waals surface area (Å²) in [6.45, 7) is 3.67. The summed E-state index contributed by atoms with van der Waals surface area (Å²) in [5.41, 5.74) is 2.60. The molecule has 4 heteroatoms. The van der Waals surface area contributed by atoms with E-state index >= 15 is 0 Å². The van der Waals surface area contributed by atoms with Crippen molar-refractivity contribution in [2.45, 2.75) is 19.4 Å². The molecule has 0 saturated heterocycles. The minimum atomic E-state index is -0.876. The number of carbonyl (C=O) groups is 1. The first-order valence-corrected chi connectivity index (χ1v) is 5.75. The molecule has 0 radical (unpaired) electrons. The quantitative estimate of drug-likeness (QED) is 0.864. The topological polar surface area (TPSA) is 49.8 Å². The molecule has 1 aliphatic rings. The predicted molar refractivity (Wildman–Crippen MR) is 65.8 cm³/mol. The first kappa shape index (κ1) is 11.9. The molecule has 1 heterocycles. The van der Waals surface area contributed by atoms with E-state index in [4.69, 9.17) is 9.84 Å². The van der Waals surface area contributed by atoms with Crippen LogP contribution in [0.15, 0.2) is 18.2 Å². The van der Waals surface area contributed by atoms with Gasteiger partial charge >= 0.3 is 5.97 Å². The van der Waals surface area contributed by atoms with Gasteiger partial charge in [-0.05, 0) is 31.0 Å². The maximum atomic E-state index is 11.0. The van der Waals surface area contributed by atoms with E-state index in [1.54, 1.807) is 19.2 Å². The molecule has 0 spiro atoms. The van der Waals surface area contributed by atoms with Gasteiger partial charge in [0.1, 0.15) is 0 Å². The van der Waals surface area contributed by atoms with Crippen LogP contribution in [0.4, 0.5) is 5.69 Å². The molecule has 2 rings (SSSR count). The Labute approximate surface area is 101 Å². The molecule has 0 bridgehead atoms. The molecular formula is C13H17NO3. The lowest BCUT2D eigenvalue weighted by molar-refractivity contribution is 0.0697. The fraction of sp³-hybridized carbons (Fsp3) is 0.462. The molecule has 92 valence electrons. The molecule has 1 aromatic rings. The average Bonchev–Trinajstić information content (AvgIpc) is 2.71. The normalized spacial score (nSPS) is 15.8. The van der Waals surface area contributed by atoms with Gasteiger partial charge in [0.05, 0.1) is 12.2 Å². The first-order valence-electron chi connectivity index (χ1n) is 5.75. The number of carboxylic acid groups (broad SMARTS) is 1. The first-order chi connectivity index (χ1) is 8.13. The van der Waals surface area contributed by atoms with Crippen LogP contribution in [-0.2, 0) is 11.2 Å². The van der Waals surface area contributed by atoms with Crippen molar-refractivity contribution < 1.29 is 14.6 Å². The molecule has 1 N–H and O–H groups in total. The van der Waals surface area contributed by atoms with E-state index < -0.39 is 5.97 Å². The number of ether oxygens (including phenoxy) is 1. The summed E-state index contributed by atoms with van der Waals surface area (Å²) in [6, 6.07) is 5.62. The van der Waals surface area contributed by atoms with Crippen LogP contribution in [0.2, 0.25) is 0 Å². The Morgan fingerprint density at radius 3 is 3.00 bits per heavy atom. The Hall–Kier alpha value is -1.55. The molecule has 0 aromatic heterocycles. The summed E-state index contributed by atoms with van der Waals surface area (Å²) in [6.07, 6.45) is 0.975. The summed E-state index contributed by atoms with van der Waals surface area (Å²) < 4.78 is 5.15. The van der Waals surface area contributed by atoms with Gasteiger partial charge in [-0.1, -0.05) is 6.07 Å². The van der Waals surface area contributed by atoms with Crippen LogP contribution in [0.3, 0.4) is 0 Å². The van der Waals surface area contributed by atoms with E-state index in [1.165, 1.54) is 5.56 Å². The number of anilines is 1. The summed E-state index contributed by atoms with van der Waals surface area (Å²) in [4.78, 5) is 13.2. The fourth-order valence-electron chi connectivity index (χ4n) is 2.33. The molecule has 0 fully saturated rings. The Morgan fingerprint density at radius 1 is 1.59 bits per heavy atom. The molecule has 0 saturated carbocycles. The molecule has 4 nitrogen and oxygen atoms in total. The largest absolute Gasteiger partial charge is 0.478 e. The van der Waals surface area contributed by atoms with Crippen LogP contribution in [0, 0.1) is 0 Å². The Kier molecular flexibility index (Phi) is 3.33. The summed E-state index contributed by atoms with van der Waals surface area (Å²) in [7, 11) is 1.68. The summed E-state index contributed by atoms with van der Waals surface area (Å²) in [5.74, 6) is -0.876. The van der Waals surface area contributed by atoms with Crippen LogP contribution < -0.4 is 4.90 Å². The van der Waals surface area contributed by atoms with Gasteiger partial charge in [0.15, 0.2) is 0 Å². The number of carboxylic acids is 1. The van der Waals surface area contributed by atoms with E-state index in [1.807, 2.05) is 6.07 Å². The van der Waals surface area contributed by atoms with E-state index in [9.17, 15) is 4.79 Å². The Morgan fingerprint density at radius 2 is 2.35 bits per heavy atom. The lowest BCUT2D eigenvalue weighted by Crippen LogP contribution is -2.34. The third-order valence-electron chi connectivity index (χ3n) is 3.20. The molecule has 1 aliphatic heterocycles. The van der Waals surface area contributed by atoms with Gasteiger partial charge in [-0.2, -0.15) is 0 Å². The highest BCUT2D eigenvalue weighted by atomic mass is 16.5. The number of benzene rings is 1. The van der Waals surface area contributed by atoms with Crippen molar-refractivity contribution in [3.05, 3.63) is 29.3 Å². The third-order valence-corrected chi connectivity index (χ3v) is 3.20. The van der Waals surface area contributed by atoms with Crippen LogP contribution in [-0.4, -0.2) is 37.4 Å². The van der Waals surface area contributed by atoms with Crippen LogP contribution >= 0.6 is 0 Å². The molecule has 0 amide bonds. The molecule has 1 atom stereocenters. The number of methoxy groups -OCH3 is 1. The second kappa shape index (κ2) is 4.75. The zero-order valence-corrected chi connectivity index (χ0v) is 10.1. The highest BCUT2D eigenvalue weighted by Crippen LogP contribution is 2.30. The Bertz CT molecular complexity index is 431. The van der Waals surface area contributed by atoms with E-state index in [2.05, 4.69) is 11.8 Å². The minimum Gasteiger partial charge on any atom is -0.478 e. The van der Waals surface area contributed by atoms with Gasteiger partial charge in [0, 0.05) is 25.4 Å². The van der Waals surface area contributed by atoms with Gasteiger partial charge in [0.25, 0.3) is 0 Å². The van der Waals surface area contributed by atoms with Crippen molar-refractivity contribution in [2.24, 2.45) is 0 Å². The molecule has 17 heavy (non-hydrogen) atoms. The van der Waals surface area contributed by atoms with Gasteiger partial charge < -0.3 is 14.7 Å². The highest BCUT2D eigenvalue weighted by Gasteiger charge is 2.24.